The Balaban J connectivity index is 2.27. The Bertz CT molecular complexity index is 597. The molecule has 0 fully saturated rings. The molecule has 0 aliphatic carbocycles. The summed E-state index contributed by atoms with van der Waals surface area (Å²) in [6.45, 7) is 0. The maximum Gasteiger partial charge on any atom is 0.252 e. The smallest absolute Gasteiger partial charge is 0.252 e. The topological polar surface area (TPSA) is 81.6 Å². The highest BCUT2D eigenvalue weighted by Crippen LogP contribution is 2.12. The number of nitriles is 1. The molecule has 78 valence electrons. The van der Waals surface area contributed by atoms with Crippen LogP contribution in [0.1, 0.15) is 5.56 Å². The third-order valence-corrected chi connectivity index (χ3v) is 1.93. The largest absolute Gasteiger partial charge is 0.326 e. The van der Waals surface area contributed by atoms with Crippen molar-refractivity contribution in [1.82, 2.24) is 9.97 Å². The van der Waals surface area contributed by atoms with Gasteiger partial charge in [-0.3, -0.25) is 9.78 Å². The zero-order valence-corrected chi connectivity index (χ0v) is 8.27. The summed E-state index contributed by atoms with van der Waals surface area (Å²) >= 11 is 0. The summed E-state index contributed by atoms with van der Waals surface area (Å²) < 4.78 is 0. The molecular formula is C11H8N4O. The van der Waals surface area contributed by atoms with E-state index in [-0.39, 0.29) is 5.56 Å². The highest BCUT2D eigenvalue weighted by atomic mass is 16.1. The molecule has 1 aromatic heterocycles. The molecule has 5 nitrogen and oxygen atoms in total. The van der Waals surface area contributed by atoms with Gasteiger partial charge in [0.05, 0.1) is 11.6 Å². The minimum atomic E-state index is -0.228. The standard InChI is InChI=1S/C11H8N4O/c12-7-8-2-1-3-9(6-8)14-11-13-5-4-10(16)15-11/h1-6H,(H2,13,14,15,16). The maximum atomic E-state index is 11.0. The van der Waals surface area contributed by atoms with Crippen molar-refractivity contribution in [3.8, 4) is 6.07 Å². The number of H-pyrrole nitrogens is 1. The van der Waals surface area contributed by atoms with E-state index in [0.29, 0.717) is 17.2 Å². The van der Waals surface area contributed by atoms with Gasteiger partial charge in [-0.1, -0.05) is 6.07 Å². The third kappa shape index (κ3) is 2.25. The van der Waals surface area contributed by atoms with Crippen molar-refractivity contribution in [3.05, 3.63) is 52.4 Å². The van der Waals surface area contributed by atoms with Gasteiger partial charge < -0.3 is 5.32 Å². The number of benzene rings is 1. The Morgan fingerprint density at radius 3 is 3.00 bits per heavy atom. The van der Waals surface area contributed by atoms with E-state index >= 15 is 0 Å². The van der Waals surface area contributed by atoms with Crippen molar-refractivity contribution >= 4 is 11.6 Å². The first-order chi connectivity index (χ1) is 7.78. The van der Waals surface area contributed by atoms with Gasteiger partial charge in [0.15, 0.2) is 0 Å². The van der Waals surface area contributed by atoms with Gasteiger partial charge in [0.25, 0.3) is 5.56 Å². The molecule has 0 amide bonds. The van der Waals surface area contributed by atoms with Crippen molar-refractivity contribution in [2.24, 2.45) is 0 Å². The van der Waals surface area contributed by atoms with Crippen LogP contribution in [0, 0.1) is 11.3 Å². The van der Waals surface area contributed by atoms with E-state index in [2.05, 4.69) is 15.3 Å². The van der Waals surface area contributed by atoms with Gasteiger partial charge in [0.2, 0.25) is 5.95 Å². The lowest BCUT2D eigenvalue weighted by molar-refractivity contribution is 1.12. The van der Waals surface area contributed by atoms with Crippen molar-refractivity contribution in [2.45, 2.75) is 0 Å². The normalized spacial score (nSPS) is 9.44. The molecule has 1 heterocycles. The van der Waals surface area contributed by atoms with Crippen LogP contribution in [-0.2, 0) is 0 Å². The molecule has 0 saturated carbocycles. The molecule has 2 N–H and O–H groups in total. The fourth-order valence-corrected chi connectivity index (χ4v) is 1.24. The van der Waals surface area contributed by atoms with E-state index < -0.39 is 0 Å². The SMILES string of the molecule is N#Cc1cccc(Nc2nccc(=O)[nH]2)c1. The average Bonchev–Trinajstić information content (AvgIpc) is 2.29. The van der Waals surface area contributed by atoms with Crippen molar-refractivity contribution < 1.29 is 0 Å². The Labute approximate surface area is 91.4 Å². The molecule has 2 rings (SSSR count). The van der Waals surface area contributed by atoms with Crippen LogP contribution in [0.2, 0.25) is 0 Å². The molecule has 0 unspecified atom stereocenters. The minimum Gasteiger partial charge on any atom is -0.326 e. The van der Waals surface area contributed by atoms with Crippen LogP contribution in [0.3, 0.4) is 0 Å². The summed E-state index contributed by atoms with van der Waals surface area (Å²) in [6.07, 6.45) is 1.41. The van der Waals surface area contributed by atoms with E-state index in [9.17, 15) is 4.79 Å². The monoisotopic (exact) mass is 212 g/mol. The fraction of sp³-hybridized carbons (Fsp3) is 0. The molecule has 0 atom stereocenters. The summed E-state index contributed by atoms with van der Waals surface area (Å²) in [5.74, 6) is 0.350. The van der Waals surface area contributed by atoms with E-state index in [0.717, 1.165) is 0 Å². The van der Waals surface area contributed by atoms with Gasteiger partial charge in [0, 0.05) is 18.0 Å². The first kappa shape index (κ1) is 9.93. The molecule has 1 aromatic carbocycles. The lowest BCUT2D eigenvalue weighted by Crippen LogP contribution is -2.08. The Kier molecular flexibility index (Phi) is 2.65. The first-order valence-electron chi connectivity index (χ1n) is 4.60. The van der Waals surface area contributed by atoms with E-state index in [1.54, 1.807) is 24.3 Å². The van der Waals surface area contributed by atoms with Crippen LogP contribution in [0.5, 0.6) is 0 Å². The molecular weight excluding hydrogens is 204 g/mol. The summed E-state index contributed by atoms with van der Waals surface area (Å²) in [4.78, 5) is 17.5. The lowest BCUT2D eigenvalue weighted by atomic mass is 10.2. The van der Waals surface area contributed by atoms with Gasteiger partial charge in [-0.2, -0.15) is 5.26 Å². The van der Waals surface area contributed by atoms with Crippen LogP contribution in [0.4, 0.5) is 11.6 Å². The van der Waals surface area contributed by atoms with Gasteiger partial charge >= 0.3 is 0 Å². The highest BCUT2D eigenvalue weighted by Gasteiger charge is 1.97. The summed E-state index contributed by atoms with van der Waals surface area (Å²) in [5.41, 5.74) is 1.02. The van der Waals surface area contributed by atoms with Crippen LogP contribution in [0.15, 0.2) is 41.3 Å². The Morgan fingerprint density at radius 1 is 1.38 bits per heavy atom. The summed E-state index contributed by atoms with van der Waals surface area (Å²) in [6, 6.07) is 10.3. The van der Waals surface area contributed by atoms with Crippen LogP contribution >= 0.6 is 0 Å². The van der Waals surface area contributed by atoms with E-state index in [4.69, 9.17) is 5.26 Å². The minimum absolute atomic E-state index is 0.228. The quantitative estimate of drug-likeness (QED) is 0.788. The number of aromatic nitrogens is 2. The van der Waals surface area contributed by atoms with E-state index in [1.165, 1.54) is 12.3 Å². The highest BCUT2D eigenvalue weighted by molar-refractivity contribution is 5.55. The number of hydrogen-bond donors (Lipinski definition) is 2. The molecule has 2 aromatic rings. The second-order valence-corrected chi connectivity index (χ2v) is 3.10. The second kappa shape index (κ2) is 4.28. The number of nitrogens with zero attached hydrogens (tertiary/aromatic N) is 2. The lowest BCUT2D eigenvalue weighted by Gasteiger charge is -2.04. The second-order valence-electron chi connectivity index (χ2n) is 3.10. The number of anilines is 2. The number of rotatable bonds is 2. The number of hydrogen-bond acceptors (Lipinski definition) is 4. The maximum absolute atomic E-state index is 11.0. The van der Waals surface area contributed by atoms with Crippen LogP contribution in [0.25, 0.3) is 0 Å². The predicted octanol–water partition coefficient (Wildman–Crippen LogP) is 1.39. The molecule has 0 radical (unpaired) electrons. The van der Waals surface area contributed by atoms with E-state index in [1.807, 2.05) is 6.07 Å². The van der Waals surface area contributed by atoms with Crippen molar-refractivity contribution in [1.29, 1.82) is 5.26 Å². The summed E-state index contributed by atoms with van der Waals surface area (Å²) in [7, 11) is 0. The molecule has 0 aliphatic heterocycles. The average molecular weight is 212 g/mol. The molecule has 0 saturated heterocycles. The van der Waals surface area contributed by atoms with Gasteiger partial charge in [0.1, 0.15) is 0 Å². The molecule has 0 spiro atoms. The summed E-state index contributed by atoms with van der Waals surface area (Å²) in [5, 5.41) is 11.6. The zero-order chi connectivity index (χ0) is 11.4. The predicted molar refractivity (Wildman–Crippen MR) is 59.3 cm³/mol. The van der Waals surface area contributed by atoms with Gasteiger partial charge in [-0.25, -0.2) is 4.98 Å². The molecule has 5 heteroatoms. The first-order valence-corrected chi connectivity index (χ1v) is 4.60. The Morgan fingerprint density at radius 2 is 2.25 bits per heavy atom. The number of nitrogens with one attached hydrogen (secondary N) is 2. The zero-order valence-electron chi connectivity index (χ0n) is 8.27. The molecule has 0 bridgehead atoms. The third-order valence-electron chi connectivity index (χ3n) is 1.93. The van der Waals surface area contributed by atoms with Gasteiger partial charge in [-0.05, 0) is 18.2 Å². The molecule has 16 heavy (non-hydrogen) atoms. The Hall–Kier alpha value is -2.61. The number of aromatic amines is 1. The van der Waals surface area contributed by atoms with Crippen molar-refractivity contribution in [2.75, 3.05) is 5.32 Å². The van der Waals surface area contributed by atoms with Gasteiger partial charge in [-0.15, -0.1) is 0 Å². The van der Waals surface area contributed by atoms with Crippen molar-refractivity contribution in [3.63, 3.8) is 0 Å². The van der Waals surface area contributed by atoms with Crippen LogP contribution in [-0.4, -0.2) is 9.97 Å². The molecule has 0 aliphatic rings. The van der Waals surface area contributed by atoms with Crippen LogP contribution < -0.4 is 10.9 Å². The fourth-order valence-electron chi connectivity index (χ4n) is 1.24.